The van der Waals surface area contributed by atoms with Crippen molar-refractivity contribution < 1.29 is 5.11 Å². The van der Waals surface area contributed by atoms with E-state index in [0.29, 0.717) is 18.4 Å². The van der Waals surface area contributed by atoms with Crippen LogP contribution < -0.4 is 0 Å². The number of hydrogen-bond donors (Lipinski definition) is 1. The van der Waals surface area contributed by atoms with Crippen LogP contribution in [-0.4, -0.2) is 11.7 Å². The summed E-state index contributed by atoms with van der Waals surface area (Å²) in [6.45, 7) is 8.49. The topological polar surface area (TPSA) is 20.2 Å². The van der Waals surface area contributed by atoms with Crippen LogP contribution in [0.1, 0.15) is 20.3 Å². The molecule has 0 amide bonds. The van der Waals surface area contributed by atoms with E-state index in [0.717, 1.165) is 6.42 Å². The Kier molecular flexibility index (Phi) is 1.86. The molecule has 1 saturated carbocycles. The zero-order valence-corrected chi connectivity index (χ0v) is 6.80. The first-order valence-electron chi connectivity index (χ1n) is 3.86. The minimum atomic E-state index is 0.288. The highest BCUT2D eigenvalue weighted by molar-refractivity contribution is 5.03. The van der Waals surface area contributed by atoms with Crippen LogP contribution in [0, 0.1) is 17.3 Å². The summed E-state index contributed by atoms with van der Waals surface area (Å²) in [5.41, 5.74) is 0.288. The molecule has 0 heterocycles. The Morgan fingerprint density at radius 3 is 2.60 bits per heavy atom. The van der Waals surface area contributed by atoms with Crippen molar-refractivity contribution in [3.05, 3.63) is 12.7 Å². The lowest BCUT2D eigenvalue weighted by Crippen LogP contribution is -2.45. The Morgan fingerprint density at radius 2 is 2.30 bits per heavy atom. The maximum absolute atomic E-state index is 8.90. The van der Waals surface area contributed by atoms with Crippen molar-refractivity contribution in [2.24, 2.45) is 17.3 Å². The Morgan fingerprint density at radius 1 is 1.70 bits per heavy atom. The van der Waals surface area contributed by atoms with Gasteiger partial charge in [-0.2, -0.15) is 0 Å². The molecule has 0 aromatic rings. The molecule has 0 radical (unpaired) electrons. The summed E-state index contributed by atoms with van der Waals surface area (Å²) < 4.78 is 0. The molecular formula is C9H16O. The highest BCUT2D eigenvalue weighted by Crippen LogP contribution is 2.51. The number of hydrogen-bond acceptors (Lipinski definition) is 1. The highest BCUT2D eigenvalue weighted by atomic mass is 16.3. The second kappa shape index (κ2) is 2.39. The van der Waals surface area contributed by atoms with Crippen molar-refractivity contribution in [1.82, 2.24) is 0 Å². The van der Waals surface area contributed by atoms with Crippen molar-refractivity contribution in [1.29, 1.82) is 0 Å². The average molecular weight is 140 g/mol. The van der Waals surface area contributed by atoms with Gasteiger partial charge >= 0.3 is 0 Å². The third-order valence-corrected chi connectivity index (χ3v) is 3.05. The van der Waals surface area contributed by atoms with Crippen molar-refractivity contribution in [3.8, 4) is 0 Å². The van der Waals surface area contributed by atoms with Crippen LogP contribution in [0.15, 0.2) is 12.7 Å². The van der Waals surface area contributed by atoms with Crippen molar-refractivity contribution in [3.63, 3.8) is 0 Å². The second-order valence-electron chi connectivity index (χ2n) is 3.78. The van der Waals surface area contributed by atoms with Gasteiger partial charge in [-0.3, -0.25) is 0 Å². The van der Waals surface area contributed by atoms with E-state index in [4.69, 9.17) is 5.11 Å². The normalized spacial score (nSPS) is 36.7. The summed E-state index contributed by atoms with van der Waals surface area (Å²) in [7, 11) is 0. The molecule has 1 nitrogen and oxygen atoms in total. The Hall–Kier alpha value is -0.300. The number of rotatable bonds is 2. The molecule has 0 aromatic carbocycles. The third-order valence-electron chi connectivity index (χ3n) is 3.05. The van der Waals surface area contributed by atoms with E-state index in [1.165, 1.54) is 0 Å². The molecule has 58 valence electrons. The largest absolute Gasteiger partial charge is 0.396 e. The summed E-state index contributed by atoms with van der Waals surface area (Å²) in [6.07, 6.45) is 3.12. The molecule has 0 aromatic heterocycles. The van der Waals surface area contributed by atoms with Gasteiger partial charge in [0.25, 0.3) is 0 Å². The predicted octanol–water partition coefficient (Wildman–Crippen LogP) is 1.83. The Labute approximate surface area is 62.8 Å². The first-order valence-corrected chi connectivity index (χ1v) is 3.86. The van der Waals surface area contributed by atoms with Crippen molar-refractivity contribution in [2.75, 3.05) is 6.61 Å². The molecule has 1 fully saturated rings. The van der Waals surface area contributed by atoms with E-state index in [9.17, 15) is 0 Å². The van der Waals surface area contributed by atoms with Gasteiger partial charge in [0.05, 0.1) is 0 Å². The van der Waals surface area contributed by atoms with E-state index in [1.54, 1.807) is 0 Å². The lowest BCUT2D eigenvalue weighted by Gasteiger charge is -2.50. The predicted molar refractivity (Wildman–Crippen MR) is 42.7 cm³/mol. The summed E-state index contributed by atoms with van der Waals surface area (Å²) in [5.74, 6) is 1.11. The molecule has 10 heavy (non-hydrogen) atoms. The summed E-state index contributed by atoms with van der Waals surface area (Å²) in [6, 6.07) is 0. The average Bonchev–Trinajstić information content (AvgIpc) is 1.88. The molecule has 0 saturated heterocycles. The van der Waals surface area contributed by atoms with Crippen LogP contribution in [0.5, 0.6) is 0 Å². The molecule has 2 atom stereocenters. The van der Waals surface area contributed by atoms with E-state index >= 15 is 0 Å². The number of allylic oxidation sites excluding steroid dienone is 1. The van der Waals surface area contributed by atoms with Gasteiger partial charge in [0, 0.05) is 6.61 Å². The molecule has 1 aliphatic carbocycles. The van der Waals surface area contributed by atoms with Crippen LogP contribution in [0.25, 0.3) is 0 Å². The molecule has 2 unspecified atom stereocenters. The maximum Gasteiger partial charge on any atom is 0.0464 e. The third kappa shape index (κ3) is 0.891. The number of aliphatic hydroxyl groups is 1. The van der Waals surface area contributed by atoms with E-state index < -0.39 is 0 Å². The van der Waals surface area contributed by atoms with Crippen LogP contribution in [0.3, 0.4) is 0 Å². The molecule has 0 aliphatic heterocycles. The van der Waals surface area contributed by atoms with Gasteiger partial charge in [-0.05, 0) is 23.7 Å². The molecule has 1 heteroatoms. The van der Waals surface area contributed by atoms with Crippen LogP contribution >= 0.6 is 0 Å². The molecule has 0 spiro atoms. The summed E-state index contributed by atoms with van der Waals surface area (Å²) >= 11 is 0. The van der Waals surface area contributed by atoms with Gasteiger partial charge < -0.3 is 5.11 Å². The van der Waals surface area contributed by atoms with E-state index in [-0.39, 0.29) is 5.41 Å². The fraction of sp³-hybridized carbons (Fsp3) is 0.778. The quantitative estimate of drug-likeness (QED) is 0.580. The smallest absolute Gasteiger partial charge is 0.0464 e. The van der Waals surface area contributed by atoms with Crippen molar-refractivity contribution >= 4 is 0 Å². The minimum absolute atomic E-state index is 0.288. The zero-order valence-electron chi connectivity index (χ0n) is 6.80. The molecule has 0 bridgehead atoms. The van der Waals surface area contributed by atoms with Gasteiger partial charge in [0.1, 0.15) is 0 Å². The molecule has 1 aliphatic rings. The fourth-order valence-electron chi connectivity index (χ4n) is 1.77. The first-order chi connectivity index (χ1) is 4.62. The monoisotopic (exact) mass is 140 g/mol. The number of aliphatic hydroxyl groups excluding tert-OH is 1. The van der Waals surface area contributed by atoms with Gasteiger partial charge in [0.15, 0.2) is 0 Å². The van der Waals surface area contributed by atoms with Crippen LogP contribution in [0.4, 0.5) is 0 Å². The Balaban J connectivity index is 2.55. The maximum atomic E-state index is 8.90. The molecule has 1 rings (SSSR count). The van der Waals surface area contributed by atoms with Gasteiger partial charge in [-0.15, -0.1) is 6.58 Å². The van der Waals surface area contributed by atoms with Crippen LogP contribution in [0.2, 0.25) is 0 Å². The molecule has 1 N–H and O–H groups in total. The summed E-state index contributed by atoms with van der Waals surface area (Å²) in [4.78, 5) is 0. The zero-order chi connectivity index (χ0) is 7.78. The van der Waals surface area contributed by atoms with E-state index in [1.807, 2.05) is 6.08 Å². The SMILES string of the molecule is C=CC1CC(CO)C1(C)C. The second-order valence-corrected chi connectivity index (χ2v) is 3.78. The van der Waals surface area contributed by atoms with Gasteiger partial charge in [0.2, 0.25) is 0 Å². The lowest BCUT2D eigenvalue weighted by atomic mass is 9.55. The van der Waals surface area contributed by atoms with Crippen molar-refractivity contribution in [2.45, 2.75) is 20.3 Å². The Bertz CT molecular complexity index is 138. The first kappa shape index (κ1) is 7.80. The molecular weight excluding hydrogens is 124 g/mol. The van der Waals surface area contributed by atoms with Gasteiger partial charge in [-0.25, -0.2) is 0 Å². The standard InChI is InChI=1S/C9H16O/c1-4-7-5-8(6-10)9(7,2)3/h4,7-8,10H,1,5-6H2,2-3H3. The minimum Gasteiger partial charge on any atom is -0.396 e. The fourth-order valence-corrected chi connectivity index (χ4v) is 1.77. The summed E-state index contributed by atoms with van der Waals surface area (Å²) in [5, 5.41) is 8.90. The van der Waals surface area contributed by atoms with Crippen LogP contribution in [-0.2, 0) is 0 Å². The highest BCUT2D eigenvalue weighted by Gasteiger charge is 2.45. The van der Waals surface area contributed by atoms with E-state index in [2.05, 4.69) is 20.4 Å². The lowest BCUT2D eigenvalue weighted by molar-refractivity contribution is -0.0258. The van der Waals surface area contributed by atoms with Gasteiger partial charge in [-0.1, -0.05) is 19.9 Å².